The molecular formula is C14H17N3O3S. The molecule has 0 saturated carbocycles. The van der Waals surface area contributed by atoms with Crippen molar-refractivity contribution in [2.75, 3.05) is 5.75 Å². The lowest BCUT2D eigenvalue weighted by Crippen LogP contribution is -2.05. The molecule has 0 fully saturated rings. The highest BCUT2D eigenvalue weighted by Gasteiger charge is 2.11. The molecule has 0 amide bonds. The number of para-hydroxylation sites is 1. The maximum absolute atomic E-state index is 10.5. The summed E-state index contributed by atoms with van der Waals surface area (Å²) in [6.07, 6.45) is 0.104. The van der Waals surface area contributed by atoms with Crippen LogP contribution in [0, 0.1) is 6.92 Å². The number of benzene rings is 1. The van der Waals surface area contributed by atoms with Gasteiger partial charge in [-0.05, 0) is 18.6 Å². The average molecular weight is 307 g/mol. The summed E-state index contributed by atoms with van der Waals surface area (Å²) >= 11 is 1.37. The highest BCUT2D eigenvalue weighted by Crippen LogP contribution is 2.20. The van der Waals surface area contributed by atoms with Crippen LogP contribution >= 0.6 is 11.8 Å². The molecule has 0 bridgehead atoms. The van der Waals surface area contributed by atoms with Crippen molar-refractivity contribution in [2.45, 2.75) is 25.1 Å². The minimum atomic E-state index is -0.812. The van der Waals surface area contributed by atoms with Crippen LogP contribution in [0.3, 0.4) is 0 Å². The molecule has 1 heterocycles. The van der Waals surface area contributed by atoms with Gasteiger partial charge in [-0.25, -0.2) is 0 Å². The van der Waals surface area contributed by atoms with Crippen LogP contribution in [0.2, 0.25) is 0 Å². The molecule has 1 aromatic heterocycles. The quantitative estimate of drug-likeness (QED) is 0.791. The Kier molecular flexibility index (Phi) is 5.21. The molecule has 2 aromatic rings. The van der Waals surface area contributed by atoms with E-state index in [4.69, 9.17) is 9.84 Å². The zero-order valence-electron chi connectivity index (χ0n) is 11.9. The molecule has 0 radical (unpaired) electrons. The van der Waals surface area contributed by atoms with E-state index >= 15 is 0 Å². The molecular weight excluding hydrogens is 290 g/mol. The largest absolute Gasteiger partial charge is 0.485 e. The van der Waals surface area contributed by atoms with Crippen molar-refractivity contribution in [3.05, 3.63) is 35.7 Å². The highest BCUT2D eigenvalue weighted by atomic mass is 32.2. The van der Waals surface area contributed by atoms with E-state index in [1.807, 2.05) is 42.8 Å². The summed E-state index contributed by atoms with van der Waals surface area (Å²) in [7, 11) is 1.85. The molecule has 6 nitrogen and oxygen atoms in total. The van der Waals surface area contributed by atoms with Gasteiger partial charge in [-0.3, -0.25) is 4.79 Å². The van der Waals surface area contributed by atoms with Crippen LogP contribution in [0.25, 0.3) is 0 Å². The molecule has 0 saturated heterocycles. The maximum Gasteiger partial charge on any atom is 0.304 e. The summed E-state index contributed by atoms with van der Waals surface area (Å²) in [6.45, 7) is 2.31. The third kappa shape index (κ3) is 4.22. The Labute approximate surface area is 127 Å². The average Bonchev–Trinajstić information content (AvgIpc) is 2.79. The van der Waals surface area contributed by atoms with Crippen LogP contribution in [0.4, 0.5) is 0 Å². The minimum Gasteiger partial charge on any atom is -0.485 e. The van der Waals surface area contributed by atoms with E-state index in [0.29, 0.717) is 23.3 Å². The van der Waals surface area contributed by atoms with Gasteiger partial charge in [0.15, 0.2) is 11.0 Å². The normalized spacial score (nSPS) is 10.6. The Balaban J connectivity index is 1.94. The number of nitrogens with zero attached hydrogens (tertiary/aromatic N) is 3. The van der Waals surface area contributed by atoms with Gasteiger partial charge in [-0.2, -0.15) is 0 Å². The van der Waals surface area contributed by atoms with E-state index in [9.17, 15) is 4.79 Å². The second kappa shape index (κ2) is 7.12. The third-order valence-corrected chi connectivity index (χ3v) is 3.94. The van der Waals surface area contributed by atoms with Crippen molar-refractivity contribution in [1.29, 1.82) is 0 Å². The molecule has 7 heteroatoms. The van der Waals surface area contributed by atoms with Crippen molar-refractivity contribution in [3.63, 3.8) is 0 Å². The first-order valence-corrected chi connectivity index (χ1v) is 7.48. The second-order valence-electron chi connectivity index (χ2n) is 4.50. The Morgan fingerprint density at radius 2 is 2.14 bits per heavy atom. The number of hydrogen-bond donors (Lipinski definition) is 1. The van der Waals surface area contributed by atoms with Crippen LogP contribution < -0.4 is 4.74 Å². The standard InChI is InChI=1S/C14H17N3O3S/c1-10-5-3-4-6-11(10)20-9-12-15-16-14(17(12)2)21-8-7-13(18)19/h3-6H,7-9H2,1-2H3,(H,18,19). The topological polar surface area (TPSA) is 77.2 Å². The van der Waals surface area contributed by atoms with Gasteiger partial charge in [0.2, 0.25) is 0 Å². The maximum atomic E-state index is 10.5. The van der Waals surface area contributed by atoms with Crippen LogP contribution in [-0.4, -0.2) is 31.6 Å². The number of carbonyl (C=O) groups is 1. The molecule has 0 aliphatic heterocycles. The molecule has 1 N–H and O–H groups in total. The summed E-state index contributed by atoms with van der Waals surface area (Å²) < 4.78 is 7.56. The summed E-state index contributed by atoms with van der Waals surface area (Å²) in [5.74, 6) is 1.18. The number of rotatable bonds is 7. The van der Waals surface area contributed by atoms with Gasteiger partial charge in [0.05, 0.1) is 6.42 Å². The number of aryl methyl sites for hydroxylation is 1. The molecule has 2 rings (SSSR count). The fourth-order valence-electron chi connectivity index (χ4n) is 1.69. The lowest BCUT2D eigenvalue weighted by Gasteiger charge is -2.08. The molecule has 0 atom stereocenters. The number of thioether (sulfide) groups is 1. The molecule has 112 valence electrons. The molecule has 0 unspecified atom stereocenters. The molecule has 0 aliphatic carbocycles. The smallest absolute Gasteiger partial charge is 0.304 e. The number of carboxylic acid groups (broad SMARTS) is 1. The first-order chi connectivity index (χ1) is 10.1. The number of carboxylic acids is 1. The Bertz CT molecular complexity index is 628. The Hall–Kier alpha value is -2.02. The molecule has 0 aliphatic rings. The van der Waals surface area contributed by atoms with E-state index in [2.05, 4.69) is 10.2 Å². The predicted octanol–water partition coefficient (Wildman–Crippen LogP) is 2.27. The highest BCUT2D eigenvalue weighted by molar-refractivity contribution is 7.99. The Morgan fingerprint density at radius 3 is 2.86 bits per heavy atom. The predicted molar refractivity (Wildman–Crippen MR) is 79.5 cm³/mol. The summed E-state index contributed by atoms with van der Waals surface area (Å²) in [6, 6.07) is 7.78. The van der Waals surface area contributed by atoms with Crippen molar-refractivity contribution in [1.82, 2.24) is 14.8 Å². The summed E-state index contributed by atoms with van der Waals surface area (Å²) in [5.41, 5.74) is 1.07. The van der Waals surface area contributed by atoms with Gasteiger partial charge < -0.3 is 14.4 Å². The van der Waals surface area contributed by atoms with Gasteiger partial charge in [-0.1, -0.05) is 30.0 Å². The van der Waals surface area contributed by atoms with Crippen molar-refractivity contribution >= 4 is 17.7 Å². The number of aliphatic carboxylic acids is 1. The summed E-state index contributed by atoms with van der Waals surface area (Å²) in [5, 5.41) is 17.4. The van der Waals surface area contributed by atoms with Gasteiger partial charge in [0.1, 0.15) is 12.4 Å². The van der Waals surface area contributed by atoms with Gasteiger partial charge >= 0.3 is 5.97 Å². The number of hydrogen-bond acceptors (Lipinski definition) is 5. The first kappa shape index (κ1) is 15.4. The monoisotopic (exact) mass is 307 g/mol. The molecule has 21 heavy (non-hydrogen) atoms. The van der Waals surface area contributed by atoms with E-state index in [1.54, 1.807) is 0 Å². The van der Waals surface area contributed by atoms with E-state index in [1.165, 1.54) is 11.8 Å². The second-order valence-corrected chi connectivity index (χ2v) is 5.57. The molecule has 0 spiro atoms. The fraction of sp³-hybridized carbons (Fsp3) is 0.357. The number of ether oxygens (including phenoxy) is 1. The third-order valence-electron chi connectivity index (χ3n) is 2.92. The van der Waals surface area contributed by atoms with Crippen LogP contribution in [0.15, 0.2) is 29.4 Å². The lowest BCUT2D eigenvalue weighted by molar-refractivity contribution is -0.136. The van der Waals surface area contributed by atoms with E-state index < -0.39 is 5.97 Å². The SMILES string of the molecule is Cc1ccccc1OCc1nnc(SCCC(=O)O)n1C. The van der Waals surface area contributed by atoms with Gasteiger partial charge in [0, 0.05) is 12.8 Å². The zero-order chi connectivity index (χ0) is 15.2. The van der Waals surface area contributed by atoms with Crippen LogP contribution in [-0.2, 0) is 18.4 Å². The van der Waals surface area contributed by atoms with E-state index in [-0.39, 0.29) is 6.42 Å². The Morgan fingerprint density at radius 1 is 1.38 bits per heavy atom. The van der Waals surface area contributed by atoms with Gasteiger partial charge in [-0.15, -0.1) is 10.2 Å². The van der Waals surface area contributed by atoms with Crippen molar-refractivity contribution in [2.24, 2.45) is 7.05 Å². The van der Waals surface area contributed by atoms with Crippen molar-refractivity contribution in [3.8, 4) is 5.75 Å². The lowest BCUT2D eigenvalue weighted by atomic mass is 10.2. The molecule has 1 aromatic carbocycles. The number of aromatic nitrogens is 3. The fourth-order valence-corrected chi connectivity index (χ4v) is 2.54. The van der Waals surface area contributed by atoms with E-state index in [0.717, 1.165) is 11.3 Å². The first-order valence-electron chi connectivity index (χ1n) is 6.49. The van der Waals surface area contributed by atoms with Crippen LogP contribution in [0.1, 0.15) is 17.8 Å². The summed E-state index contributed by atoms with van der Waals surface area (Å²) in [4.78, 5) is 10.5. The van der Waals surface area contributed by atoms with Crippen LogP contribution in [0.5, 0.6) is 5.75 Å². The van der Waals surface area contributed by atoms with Crippen molar-refractivity contribution < 1.29 is 14.6 Å². The zero-order valence-corrected chi connectivity index (χ0v) is 12.8. The van der Waals surface area contributed by atoms with Gasteiger partial charge in [0.25, 0.3) is 0 Å². The minimum absolute atomic E-state index is 0.104.